The number of nitrogen functional groups attached to an aromatic ring is 1. The molecule has 0 heterocycles. The van der Waals surface area contributed by atoms with Crippen LogP contribution < -0.4 is 11.1 Å². The van der Waals surface area contributed by atoms with Crippen molar-refractivity contribution in [2.75, 3.05) is 18.8 Å². The van der Waals surface area contributed by atoms with Gasteiger partial charge < -0.3 is 16.2 Å². The lowest BCUT2D eigenvalue weighted by Crippen LogP contribution is -2.24. The number of fused-ring (bicyclic) bond motifs is 1. The van der Waals surface area contributed by atoms with E-state index in [1.165, 1.54) is 12.1 Å². The molecule has 0 radical (unpaired) electrons. The molecule has 3 aromatic rings. The van der Waals surface area contributed by atoms with Gasteiger partial charge in [0, 0.05) is 23.4 Å². The predicted octanol–water partition coefficient (Wildman–Crippen LogP) is 4.70. The number of halogens is 2. The number of amides is 1. The Morgan fingerprint density at radius 1 is 1.33 bits per heavy atom. The quantitative estimate of drug-likeness (QED) is 0.231. The summed E-state index contributed by atoms with van der Waals surface area (Å²) >= 11 is 6.46. The van der Waals surface area contributed by atoms with Gasteiger partial charge in [0.2, 0.25) is 5.91 Å². The Kier molecular flexibility index (Phi) is 6.37. The van der Waals surface area contributed by atoms with Crippen LogP contribution in [-0.4, -0.2) is 29.8 Å². The largest absolute Gasteiger partial charge is 0.508 e. The molecule has 0 saturated carbocycles. The highest BCUT2D eigenvalue weighted by Crippen LogP contribution is 2.41. The molecule has 1 amide bonds. The van der Waals surface area contributed by atoms with Crippen molar-refractivity contribution in [3.05, 3.63) is 71.5 Å². The highest BCUT2D eigenvalue weighted by atomic mass is 35.5. The van der Waals surface area contributed by atoms with E-state index >= 15 is 4.39 Å². The van der Waals surface area contributed by atoms with Gasteiger partial charge in [-0.3, -0.25) is 9.79 Å². The third-order valence-corrected chi connectivity index (χ3v) is 5.01. The van der Waals surface area contributed by atoms with Crippen LogP contribution in [0.3, 0.4) is 0 Å². The van der Waals surface area contributed by atoms with E-state index in [0.717, 1.165) is 10.8 Å². The third-order valence-electron chi connectivity index (χ3n) is 4.71. The molecule has 0 aliphatic rings. The minimum Gasteiger partial charge on any atom is -0.508 e. The minimum absolute atomic E-state index is 0.00105. The Labute approximate surface area is 178 Å². The number of nitrogens with zero attached hydrogens (tertiary/aromatic N) is 1. The Morgan fingerprint density at radius 2 is 2.07 bits per heavy atom. The van der Waals surface area contributed by atoms with Crippen molar-refractivity contribution in [3.8, 4) is 16.9 Å². The van der Waals surface area contributed by atoms with Crippen LogP contribution in [0, 0.1) is 5.82 Å². The van der Waals surface area contributed by atoms with E-state index in [1.807, 2.05) is 24.3 Å². The number of anilines is 1. The lowest BCUT2D eigenvalue weighted by atomic mass is 9.94. The molecule has 5 nitrogen and oxygen atoms in total. The SMILES string of the molecule is C=CC(=O)NCCN=C(C)c1cc(Cl)c(-c2cc(O)cc3ccccc23)c(F)c1N. The van der Waals surface area contributed by atoms with Crippen LogP contribution in [0.25, 0.3) is 21.9 Å². The molecule has 30 heavy (non-hydrogen) atoms. The summed E-state index contributed by atoms with van der Waals surface area (Å²) in [6.45, 7) is 5.67. The molecule has 0 spiro atoms. The molecule has 3 aromatic carbocycles. The summed E-state index contributed by atoms with van der Waals surface area (Å²) in [6.07, 6.45) is 1.17. The Bertz CT molecular complexity index is 1170. The molecular formula is C23H21ClFN3O2. The lowest BCUT2D eigenvalue weighted by molar-refractivity contribution is -0.116. The number of hydrogen-bond donors (Lipinski definition) is 3. The Balaban J connectivity index is 2.02. The molecule has 0 unspecified atom stereocenters. The molecule has 0 aromatic heterocycles. The number of aliphatic imine (C=N–C) groups is 1. The first-order valence-electron chi connectivity index (χ1n) is 9.24. The first-order valence-corrected chi connectivity index (χ1v) is 9.62. The van der Waals surface area contributed by atoms with E-state index < -0.39 is 5.82 Å². The van der Waals surface area contributed by atoms with Crippen LogP contribution in [0.4, 0.5) is 10.1 Å². The topological polar surface area (TPSA) is 87.7 Å². The second-order valence-corrected chi connectivity index (χ2v) is 7.09. The fraction of sp³-hybridized carbons (Fsp3) is 0.130. The van der Waals surface area contributed by atoms with Crippen LogP contribution in [0.15, 0.2) is 60.1 Å². The number of rotatable bonds is 6. The van der Waals surface area contributed by atoms with Crippen LogP contribution in [0.5, 0.6) is 5.75 Å². The average molecular weight is 426 g/mol. The highest BCUT2D eigenvalue weighted by molar-refractivity contribution is 6.34. The molecule has 0 aliphatic carbocycles. The maximum absolute atomic E-state index is 15.4. The van der Waals surface area contributed by atoms with Crippen molar-refractivity contribution in [2.45, 2.75) is 6.92 Å². The van der Waals surface area contributed by atoms with E-state index in [0.29, 0.717) is 29.9 Å². The van der Waals surface area contributed by atoms with E-state index in [-0.39, 0.29) is 27.9 Å². The van der Waals surface area contributed by atoms with E-state index in [4.69, 9.17) is 17.3 Å². The fourth-order valence-corrected chi connectivity index (χ4v) is 3.54. The Hall–Kier alpha value is -3.38. The summed E-state index contributed by atoms with van der Waals surface area (Å²) in [6, 6.07) is 11.9. The second-order valence-electron chi connectivity index (χ2n) is 6.69. The molecular weight excluding hydrogens is 405 g/mol. The molecule has 7 heteroatoms. The number of carbonyl (C=O) groups is 1. The van der Waals surface area contributed by atoms with E-state index in [9.17, 15) is 9.90 Å². The lowest BCUT2D eigenvalue weighted by Gasteiger charge is -2.15. The van der Waals surface area contributed by atoms with Crippen molar-refractivity contribution in [3.63, 3.8) is 0 Å². The van der Waals surface area contributed by atoms with E-state index in [1.54, 1.807) is 19.1 Å². The number of phenolic OH excluding ortho intramolecular Hbond substituents is 1. The average Bonchev–Trinajstić information content (AvgIpc) is 2.73. The van der Waals surface area contributed by atoms with Crippen molar-refractivity contribution in [1.82, 2.24) is 5.32 Å². The fourth-order valence-electron chi connectivity index (χ4n) is 3.24. The first-order chi connectivity index (χ1) is 14.3. The number of phenols is 1. The van der Waals surface area contributed by atoms with Gasteiger partial charge in [-0.1, -0.05) is 42.4 Å². The van der Waals surface area contributed by atoms with Gasteiger partial charge in [-0.15, -0.1) is 0 Å². The summed E-state index contributed by atoms with van der Waals surface area (Å²) in [4.78, 5) is 15.5. The van der Waals surface area contributed by atoms with Crippen LogP contribution in [0.2, 0.25) is 5.02 Å². The number of benzene rings is 3. The minimum atomic E-state index is -0.678. The zero-order valence-corrected chi connectivity index (χ0v) is 17.1. The van der Waals surface area contributed by atoms with Gasteiger partial charge >= 0.3 is 0 Å². The predicted molar refractivity (Wildman–Crippen MR) is 121 cm³/mol. The maximum atomic E-state index is 15.4. The van der Waals surface area contributed by atoms with Crippen molar-refractivity contribution >= 4 is 39.7 Å². The molecule has 154 valence electrons. The van der Waals surface area contributed by atoms with Crippen LogP contribution >= 0.6 is 11.6 Å². The number of nitrogens with one attached hydrogen (secondary N) is 1. The van der Waals surface area contributed by atoms with Crippen molar-refractivity contribution in [1.29, 1.82) is 0 Å². The van der Waals surface area contributed by atoms with Gasteiger partial charge in [0.05, 0.1) is 17.3 Å². The molecule has 4 N–H and O–H groups in total. The van der Waals surface area contributed by atoms with Gasteiger partial charge in [-0.25, -0.2) is 4.39 Å². The number of aromatic hydroxyl groups is 1. The van der Waals surface area contributed by atoms with E-state index in [2.05, 4.69) is 16.9 Å². The second kappa shape index (κ2) is 8.97. The summed E-state index contributed by atoms with van der Waals surface area (Å²) in [5.74, 6) is -0.969. The summed E-state index contributed by atoms with van der Waals surface area (Å²) in [5, 5.41) is 14.4. The van der Waals surface area contributed by atoms with Gasteiger partial charge in [0.1, 0.15) is 5.75 Å². The van der Waals surface area contributed by atoms with Gasteiger partial charge in [0.15, 0.2) is 5.82 Å². The molecule has 0 bridgehead atoms. The molecule has 0 atom stereocenters. The van der Waals surface area contributed by atoms with Gasteiger partial charge in [0.25, 0.3) is 0 Å². The zero-order valence-electron chi connectivity index (χ0n) is 16.4. The normalized spacial score (nSPS) is 11.5. The first kappa shape index (κ1) is 21.3. The van der Waals surface area contributed by atoms with Gasteiger partial charge in [-0.2, -0.15) is 0 Å². The maximum Gasteiger partial charge on any atom is 0.243 e. The number of hydrogen-bond acceptors (Lipinski definition) is 4. The Morgan fingerprint density at radius 3 is 2.80 bits per heavy atom. The number of nitrogens with two attached hydrogens (primary N) is 1. The highest BCUT2D eigenvalue weighted by Gasteiger charge is 2.20. The molecule has 3 rings (SSSR count). The van der Waals surface area contributed by atoms with Crippen LogP contribution in [-0.2, 0) is 4.79 Å². The summed E-state index contributed by atoms with van der Waals surface area (Å²) < 4.78 is 15.4. The van der Waals surface area contributed by atoms with Crippen molar-refractivity contribution in [2.24, 2.45) is 4.99 Å². The molecule has 0 fully saturated rings. The zero-order chi connectivity index (χ0) is 21.8. The van der Waals surface area contributed by atoms with Crippen LogP contribution in [0.1, 0.15) is 12.5 Å². The van der Waals surface area contributed by atoms with Crippen molar-refractivity contribution < 1.29 is 14.3 Å². The smallest absolute Gasteiger partial charge is 0.243 e. The van der Waals surface area contributed by atoms with Gasteiger partial charge in [-0.05, 0) is 47.5 Å². The number of carbonyl (C=O) groups excluding carboxylic acids is 1. The molecule has 0 saturated heterocycles. The monoisotopic (exact) mass is 425 g/mol. The standard InChI is InChI=1S/C23H21ClFN3O2/c1-3-20(30)28-9-8-27-13(2)17-12-19(24)21(22(25)23(17)26)18-11-15(29)10-14-6-4-5-7-16(14)18/h3-7,10-12,29H,1,8-9,26H2,2H3,(H,28,30). The third kappa shape index (κ3) is 4.28. The summed E-state index contributed by atoms with van der Waals surface area (Å²) in [7, 11) is 0. The summed E-state index contributed by atoms with van der Waals surface area (Å²) in [5.41, 5.74) is 7.44. The molecule has 0 aliphatic heterocycles.